The molecule has 0 amide bonds. The van der Waals surface area contributed by atoms with Crippen molar-refractivity contribution >= 4 is 23.2 Å². The van der Waals surface area contributed by atoms with Gasteiger partial charge in [-0.05, 0) is 31.5 Å². The second-order valence-corrected chi connectivity index (χ2v) is 6.25. The highest BCUT2D eigenvalue weighted by atomic mass is 35.5. The van der Waals surface area contributed by atoms with Crippen molar-refractivity contribution in [2.45, 2.75) is 30.3 Å². The van der Waals surface area contributed by atoms with E-state index >= 15 is 0 Å². The molecule has 1 aliphatic heterocycles. The Morgan fingerprint density at radius 3 is 2.29 bits per heavy atom. The smallest absolute Gasteiger partial charge is 0.150 e. The predicted octanol–water partition coefficient (Wildman–Crippen LogP) is 3.63. The number of hydrogen-bond donors (Lipinski definition) is 0. The van der Waals surface area contributed by atoms with Crippen LogP contribution in [0.15, 0.2) is 24.3 Å². The fourth-order valence-electron chi connectivity index (χ4n) is 2.25. The number of halogens is 2. The third kappa shape index (κ3) is 2.40. The average Bonchev–Trinajstić information content (AvgIpc) is 2.27. The van der Waals surface area contributed by atoms with Crippen LogP contribution in [-0.2, 0) is 0 Å². The van der Waals surface area contributed by atoms with Crippen molar-refractivity contribution in [3.05, 3.63) is 29.8 Å². The molecule has 0 N–H and O–H groups in total. The predicted molar refractivity (Wildman–Crippen MR) is 72.0 cm³/mol. The van der Waals surface area contributed by atoms with Crippen LogP contribution in [0.5, 0.6) is 5.75 Å². The Balaban J connectivity index is 2.24. The summed E-state index contributed by atoms with van der Waals surface area (Å²) in [7, 11) is 1.66. The number of nitrogens with zero attached hydrogens (tertiary/aromatic N) is 1. The second kappa shape index (κ2) is 4.68. The molecule has 1 aliphatic rings. The van der Waals surface area contributed by atoms with Gasteiger partial charge in [-0.25, -0.2) is 0 Å². The van der Waals surface area contributed by atoms with Crippen molar-refractivity contribution in [2.75, 3.05) is 13.7 Å². The zero-order valence-electron chi connectivity index (χ0n) is 10.3. The molecule has 1 saturated heterocycles. The maximum absolute atomic E-state index is 6.31. The summed E-state index contributed by atoms with van der Waals surface area (Å²) in [5.41, 5.74) is 1.13. The lowest BCUT2D eigenvalue weighted by molar-refractivity contribution is 0.0433. The van der Waals surface area contributed by atoms with E-state index in [1.165, 1.54) is 0 Å². The van der Waals surface area contributed by atoms with Gasteiger partial charge in [-0.15, -0.1) is 0 Å². The maximum atomic E-state index is 6.31. The van der Waals surface area contributed by atoms with Gasteiger partial charge in [0.2, 0.25) is 0 Å². The highest BCUT2D eigenvalue weighted by Gasteiger charge is 2.51. The molecule has 4 heteroatoms. The number of likely N-dealkylation sites (tertiary alicyclic amines) is 1. The first-order valence-electron chi connectivity index (χ1n) is 5.73. The van der Waals surface area contributed by atoms with E-state index in [1.807, 2.05) is 24.3 Å². The summed E-state index contributed by atoms with van der Waals surface area (Å²) >= 11 is 12.6. The second-order valence-electron chi connectivity index (χ2n) is 4.70. The Morgan fingerprint density at radius 2 is 1.88 bits per heavy atom. The standard InChI is InChI=1S/C13H17Cl2NO/c1-9(2)16-8-13(14,15)12(16)10-4-6-11(17-3)7-5-10/h4-7,9,12H,8H2,1-3H3. The molecule has 1 heterocycles. The number of ether oxygens (including phenoxy) is 1. The molecule has 0 saturated carbocycles. The van der Waals surface area contributed by atoms with E-state index in [4.69, 9.17) is 27.9 Å². The molecule has 17 heavy (non-hydrogen) atoms. The number of hydrogen-bond acceptors (Lipinski definition) is 2. The molecule has 0 aliphatic carbocycles. The molecule has 1 unspecified atom stereocenters. The topological polar surface area (TPSA) is 12.5 Å². The van der Waals surface area contributed by atoms with Crippen LogP contribution in [0.1, 0.15) is 25.5 Å². The van der Waals surface area contributed by atoms with Gasteiger partial charge in [-0.1, -0.05) is 35.3 Å². The van der Waals surface area contributed by atoms with Gasteiger partial charge < -0.3 is 4.74 Å². The molecule has 1 atom stereocenters. The summed E-state index contributed by atoms with van der Waals surface area (Å²) in [6, 6.07) is 8.44. The number of benzene rings is 1. The first kappa shape index (κ1) is 13.0. The van der Waals surface area contributed by atoms with Gasteiger partial charge in [0.25, 0.3) is 0 Å². The van der Waals surface area contributed by atoms with Gasteiger partial charge in [0.15, 0.2) is 0 Å². The zero-order chi connectivity index (χ0) is 12.6. The molecule has 0 bridgehead atoms. The van der Waals surface area contributed by atoms with E-state index in [-0.39, 0.29) is 6.04 Å². The van der Waals surface area contributed by atoms with Crippen molar-refractivity contribution in [2.24, 2.45) is 0 Å². The molecule has 0 radical (unpaired) electrons. The number of rotatable bonds is 3. The lowest BCUT2D eigenvalue weighted by Gasteiger charge is -2.53. The Bertz CT molecular complexity index is 389. The van der Waals surface area contributed by atoms with Crippen molar-refractivity contribution in [1.29, 1.82) is 0 Å². The van der Waals surface area contributed by atoms with Crippen LogP contribution >= 0.6 is 23.2 Å². The fraction of sp³-hybridized carbons (Fsp3) is 0.538. The van der Waals surface area contributed by atoms with Crippen molar-refractivity contribution in [3.8, 4) is 5.75 Å². The van der Waals surface area contributed by atoms with E-state index in [0.29, 0.717) is 12.6 Å². The largest absolute Gasteiger partial charge is 0.497 e. The first-order valence-corrected chi connectivity index (χ1v) is 6.49. The van der Waals surface area contributed by atoms with Gasteiger partial charge in [-0.3, -0.25) is 4.90 Å². The van der Waals surface area contributed by atoms with Crippen molar-refractivity contribution in [3.63, 3.8) is 0 Å². The molecule has 0 aromatic heterocycles. The van der Waals surface area contributed by atoms with E-state index < -0.39 is 4.33 Å². The van der Waals surface area contributed by atoms with Gasteiger partial charge in [0.1, 0.15) is 10.1 Å². The lowest BCUT2D eigenvalue weighted by atomic mass is 9.92. The fourth-order valence-corrected chi connectivity index (χ4v) is 3.03. The van der Waals surface area contributed by atoms with E-state index in [0.717, 1.165) is 11.3 Å². The first-order chi connectivity index (χ1) is 7.95. The van der Waals surface area contributed by atoms with Crippen LogP contribution in [0.4, 0.5) is 0 Å². The van der Waals surface area contributed by atoms with Crippen molar-refractivity contribution in [1.82, 2.24) is 4.90 Å². The average molecular weight is 274 g/mol. The van der Waals surface area contributed by atoms with Crippen LogP contribution in [0.25, 0.3) is 0 Å². The third-order valence-corrected chi connectivity index (χ3v) is 3.87. The Kier molecular flexibility index (Phi) is 3.58. The van der Waals surface area contributed by atoms with Crippen LogP contribution in [-0.4, -0.2) is 28.9 Å². The van der Waals surface area contributed by atoms with Gasteiger partial charge >= 0.3 is 0 Å². The van der Waals surface area contributed by atoms with Gasteiger partial charge in [0, 0.05) is 12.6 Å². The van der Waals surface area contributed by atoms with Crippen LogP contribution in [0, 0.1) is 0 Å². The lowest BCUT2D eigenvalue weighted by Crippen LogP contribution is -2.59. The molecule has 1 aromatic carbocycles. The number of methoxy groups -OCH3 is 1. The molecule has 1 aromatic rings. The third-order valence-electron chi connectivity index (χ3n) is 3.22. The highest BCUT2D eigenvalue weighted by molar-refractivity contribution is 6.49. The number of alkyl halides is 2. The Hall–Kier alpha value is -0.440. The summed E-state index contributed by atoms with van der Waals surface area (Å²) in [4.78, 5) is 2.29. The summed E-state index contributed by atoms with van der Waals surface area (Å²) in [5.74, 6) is 0.846. The molecular formula is C13H17Cl2NO. The summed E-state index contributed by atoms with van der Waals surface area (Å²) < 4.78 is 4.47. The molecule has 1 fully saturated rings. The minimum atomic E-state index is -0.682. The van der Waals surface area contributed by atoms with E-state index in [9.17, 15) is 0 Å². The molecular weight excluding hydrogens is 257 g/mol. The quantitative estimate of drug-likeness (QED) is 0.780. The zero-order valence-corrected chi connectivity index (χ0v) is 11.8. The van der Waals surface area contributed by atoms with Gasteiger partial charge in [0.05, 0.1) is 13.2 Å². The molecule has 94 valence electrons. The highest BCUT2D eigenvalue weighted by Crippen LogP contribution is 2.50. The summed E-state index contributed by atoms with van der Waals surface area (Å²) in [6.45, 7) is 5.02. The minimum Gasteiger partial charge on any atom is -0.497 e. The van der Waals surface area contributed by atoms with E-state index in [2.05, 4.69) is 18.7 Å². The summed E-state index contributed by atoms with van der Waals surface area (Å²) in [5, 5.41) is 0. The normalized spacial score (nSPS) is 23.5. The maximum Gasteiger partial charge on any atom is 0.150 e. The van der Waals surface area contributed by atoms with Crippen LogP contribution in [0.2, 0.25) is 0 Å². The monoisotopic (exact) mass is 273 g/mol. The summed E-state index contributed by atoms with van der Waals surface area (Å²) in [6.07, 6.45) is 0. The molecule has 2 rings (SSSR count). The van der Waals surface area contributed by atoms with Crippen molar-refractivity contribution < 1.29 is 4.74 Å². The minimum absolute atomic E-state index is 0.0664. The molecule has 0 spiro atoms. The molecule has 2 nitrogen and oxygen atoms in total. The van der Waals surface area contributed by atoms with Crippen LogP contribution in [0.3, 0.4) is 0 Å². The SMILES string of the molecule is COc1ccc(C2N(C(C)C)CC2(Cl)Cl)cc1. The van der Waals surface area contributed by atoms with Gasteiger partial charge in [-0.2, -0.15) is 0 Å². The van der Waals surface area contributed by atoms with Crippen LogP contribution < -0.4 is 4.74 Å². The van der Waals surface area contributed by atoms with E-state index in [1.54, 1.807) is 7.11 Å². The Morgan fingerprint density at radius 1 is 1.29 bits per heavy atom. The Labute approximate surface area is 112 Å².